The molecule has 1 amide bonds. The maximum absolute atomic E-state index is 12.9. The Labute approximate surface area is 184 Å². The van der Waals surface area contributed by atoms with Crippen molar-refractivity contribution in [1.29, 1.82) is 0 Å². The fraction of sp³-hybridized carbons (Fsp3) is 0.500. The number of hydrogen-bond donors (Lipinski definition) is 2. The molecule has 1 aromatic heterocycles. The maximum Gasteiger partial charge on any atom is 0.275 e. The second-order valence-corrected chi connectivity index (χ2v) is 9.43. The third-order valence-corrected chi connectivity index (χ3v) is 5.27. The fourth-order valence-corrected chi connectivity index (χ4v) is 3.89. The third-order valence-electron chi connectivity index (χ3n) is 5.27. The number of fused-ring (bicyclic) bond motifs is 1. The number of para-hydroxylation sites is 2. The molecule has 1 unspecified atom stereocenters. The molecule has 3 rings (SSSR count). The normalized spacial score (nSPS) is 16.6. The van der Waals surface area contributed by atoms with Crippen molar-refractivity contribution in [3.63, 3.8) is 0 Å². The Bertz CT molecular complexity index is 958. The van der Waals surface area contributed by atoms with E-state index in [0.717, 1.165) is 27.8 Å². The molecule has 7 heteroatoms. The van der Waals surface area contributed by atoms with E-state index < -0.39 is 0 Å². The maximum atomic E-state index is 12.9. The van der Waals surface area contributed by atoms with Crippen LogP contribution in [-0.2, 0) is 11.3 Å². The third kappa shape index (κ3) is 5.88. The van der Waals surface area contributed by atoms with E-state index in [9.17, 15) is 9.59 Å². The zero-order chi connectivity index (χ0) is 22.8. The largest absolute Gasteiger partial charge is 0.486 e. The van der Waals surface area contributed by atoms with E-state index in [4.69, 9.17) is 9.47 Å². The number of amides is 1. The number of nitrogens with zero attached hydrogens (tertiary/aromatic N) is 1. The van der Waals surface area contributed by atoms with Gasteiger partial charge >= 0.3 is 0 Å². The summed E-state index contributed by atoms with van der Waals surface area (Å²) in [6, 6.07) is 9.58. The molecule has 1 aliphatic heterocycles. The summed E-state index contributed by atoms with van der Waals surface area (Å²) in [5.74, 6) is 1.48. The lowest BCUT2D eigenvalue weighted by Gasteiger charge is -2.27. The average Bonchev–Trinajstić information content (AvgIpc) is 2.94. The standard InChI is InChI=1S/C24H33N3O4/c1-16-11-19(20(28)13-26(6)14-23(29)25-24(3,4)5)17(2)27(16)12-18-15-30-21-9-7-8-10-22(21)31-18/h7-11,18H,12-15H2,1-6H3,(H,25,29)/p+1/t18-/m0/s1. The molecule has 0 saturated heterocycles. The highest BCUT2D eigenvalue weighted by molar-refractivity contribution is 5.98. The minimum atomic E-state index is -0.280. The van der Waals surface area contributed by atoms with Crippen molar-refractivity contribution < 1.29 is 24.0 Å². The van der Waals surface area contributed by atoms with Gasteiger partial charge in [-0.15, -0.1) is 0 Å². The van der Waals surface area contributed by atoms with Crippen molar-refractivity contribution in [2.45, 2.75) is 52.8 Å². The van der Waals surface area contributed by atoms with E-state index in [-0.39, 0.29) is 36.4 Å². The molecule has 2 aromatic rings. The number of likely N-dealkylation sites (N-methyl/N-ethyl adjacent to an activating group) is 1. The lowest BCUT2D eigenvalue weighted by Crippen LogP contribution is -3.11. The summed E-state index contributed by atoms with van der Waals surface area (Å²) < 4.78 is 14.0. The number of nitrogens with one attached hydrogen (secondary N) is 2. The number of quaternary nitrogens is 1. The molecule has 0 aliphatic carbocycles. The van der Waals surface area contributed by atoms with Crippen LogP contribution >= 0.6 is 0 Å². The Kier molecular flexibility index (Phi) is 6.74. The Morgan fingerprint density at radius 1 is 1.16 bits per heavy atom. The highest BCUT2D eigenvalue weighted by atomic mass is 16.6. The molecule has 0 saturated carbocycles. The molecule has 0 spiro atoms. The Morgan fingerprint density at radius 2 is 1.84 bits per heavy atom. The van der Waals surface area contributed by atoms with E-state index in [1.165, 1.54) is 0 Å². The summed E-state index contributed by atoms with van der Waals surface area (Å²) in [6.45, 7) is 11.4. The van der Waals surface area contributed by atoms with Crippen molar-refractivity contribution >= 4 is 11.7 Å². The van der Waals surface area contributed by atoms with Crippen LogP contribution in [0.15, 0.2) is 30.3 Å². The van der Waals surface area contributed by atoms with E-state index in [1.807, 2.05) is 72.0 Å². The Balaban J connectivity index is 1.63. The van der Waals surface area contributed by atoms with Gasteiger partial charge in [-0.3, -0.25) is 9.59 Å². The van der Waals surface area contributed by atoms with E-state index >= 15 is 0 Å². The second-order valence-electron chi connectivity index (χ2n) is 9.43. The highest BCUT2D eigenvalue weighted by Gasteiger charge is 2.25. The van der Waals surface area contributed by atoms with Gasteiger partial charge in [0.1, 0.15) is 13.2 Å². The number of ether oxygens (including phenoxy) is 2. The van der Waals surface area contributed by atoms with Gasteiger partial charge in [0.15, 0.2) is 24.1 Å². The summed E-state index contributed by atoms with van der Waals surface area (Å²) in [5, 5.41) is 2.94. The molecule has 2 heterocycles. The number of aromatic nitrogens is 1. The minimum Gasteiger partial charge on any atom is -0.486 e. The fourth-order valence-electron chi connectivity index (χ4n) is 3.89. The zero-order valence-corrected chi connectivity index (χ0v) is 19.4. The summed E-state index contributed by atoms with van der Waals surface area (Å²) in [4.78, 5) is 25.9. The lowest BCUT2D eigenvalue weighted by atomic mass is 10.1. The van der Waals surface area contributed by atoms with Gasteiger partial charge in [-0.05, 0) is 52.8 Å². The Hall–Kier alpha value is -2.80. The molecule has 1 aliphatic rings. The van der Waals surface area contributed by atoms with Gasteiger partial charge in [-0.2, -0.15) is 0 Å². The average molecular weight is 429 g/mol. The van der Waals surface area contributed by atoms with Crippen molar-refractivity contribution in [1.82, 2.24) is 9.88 Å². The van der Waals surface area contributed by atoms with Crippen LogP contribution in [0.2, 0.25) is 0 Å². The second kappa shape index (κ2) is 9.14. The first kappa shape index (κ1) is 22.9. The number of Topliss-reactive ketones (excluding diaryl/α,β-unsaturated/α-hetero) is 1. The predicted octanol–water partition coefficient (Wildman–Crippen LogP) is 1.56. The van der Waals surface area contributed by atoms with Gasteiger partial charge in [-0.1, -0.05) is 12.1 Å². The van der Waals surface area contributed by atoms with Crippen LogP contribution in [0.3, 0.4) is 0 Å². The monoisotopic (exact) mass is 428 g/mol. The van der Waals surface area contributed by atoms with Gasteiger partial charge in [-0.25, -0.2) is 0 Å². The Morgan fingerprint density at radius 3 is 2.52 bits per heavy atom. The summed E-state index contributed by atoms with van der Waals surface area (Å²) in [5.41, 5.74) is 2.34. The molecule has 7 nitrogen and oxygen atoms in total. The highest BCUT2D eigenvalue weighted by Crippen LogP contribution is 2.31. The van der Waals surface area contributed by atoms with E-state index in [2.05, 4.69) is 9.88 Å². The number of carbonyl (C=O) groups is 2. The molecular formula is C24H34N3O4+. The van der Waals surface area contributed by atoms with Crippen molar-refractivity contribution in [3.05, 3.63) is 47.3 Å². The topological polar surface area (TPSA) is 74.0 Å². The van der Waals surface area contributed by atoms with Crippen LogP contribution in [0.4, 0.5) is 0 Å². The first-order valence-electron chi connectivity index (χ1n) is 10.7. The summed E-state index contributed by atoms with van der Waals surface area (Å²) in [6.07, 6.45) is -0.128. The van der Waals surface area contributed by atoms with E-state index in [1.54, 1.807) is 0 Å². The van der Waals surface area contributed by atoms with Crippen molar-refractivity contribution in [3.8, 4) is 11.5 Å². The van der Waals surface area contributed by atoms with Crippen LogP contribution < -0.4 is 19.7 Å². The van der Waals surface area contributed by atoms with Gasteiger partial charge in [0, 0.05) is 22.5 Å². The van der Waals surface area contributed by atoms with Gasteiger partial charge in [0.05, 0.1) is 13.6 Å². The number of aryl methyl sites for hydroxylation is 1. The van der Waals surface area contributed by atoms with Gasteiger partial charge in [0.25, 0.3) is 5.91 Å². The quantitative estimate of drug-likeness (QED) is 0.657. The molecule has 0 bridgehead atoms. The SMILES string of the molecule is Cc1cc(C(=O)C[NH+](C)CC(=O)NC(C)(C)C)c(C)n1C[C@H]1COc2ccccc2O1. The van der Waals surface area contributed by atoms with Crippen molar-refractivity contribution in [2.75, 3.05) is 26.7 Å². The number of rotatable bonds is 7. The zero-order valence-electron chi connectivity index (χ0n) is 19.4. The van der Waals surface area contributed by atoms with Crippen LogP contribution in [0.5, 0.6) is 11.5 Å². The molecule has 31 heavy (non-hydrogen) atoms. The van der Waals surface area contributed by atoms with Crippen LogP contribution in [-0.4, -0.2) is 54.6 Å². The number of ketones is 1. The summed E-state index contributed by atoms with van der Waals surface area (Å²) >= 11 is 0. The van der Waals surface area contributed by atoms with Crippen LogP contribution in [0, 0.1) is 13.8 Å². The first-order chi connectivity index (χ1) is 14.5. The smallest absolute Gasteiger partial charge is 0.275 e. The van der Waals surface area contributed by atoms with E-state index in [0.29, 0.717) is 18.7 Å². The molecular weight excluding hydrogens is 394 g/mol. The predicted molar refractivity (Wildman–Crippen MR) is 119 cm³/mol. The molecule has 1 aromatic carbocycles. The van der Waals surface area contributed by atoms with Crippen LogP contribution in [0.25, 0.3) is 0 Å². The molecule has 0 radical (unpaired) electrons. The van der Waals surface area contributed by atoms with Crippen LogP contribution in [0.1, 0.15) is 42.5 Å². The number of hydrogen-bond acceptors (Lipinski definition) is 4. The van der Waals surface area contributed by atoms with Gasteiger partial charge < -0.3 is 24.3 Å². The molecule has 168 valence electrons. The number of carbonyl (C=O) groups excluding carboxylic acids is 2. The minimum absolute atomic E-state index is 0.0339. The summed E-state index contributed by atoms with van der Waals surface area (Å²) in [7, 11) is 1.87. The molecule has 2 N–H and O–H groups in total. The first-order valence-corrected chi connectivity index (χ1v) is 10.7. The van der Waals surface area contributed by atoms with Crippen molar-refractivity contribution in [2.24, 2.45) is 0 Å². The molecule has 2 atom stereocenters. The van der Waals surface area contributed by atoms with Gasteiger partial charge in [0.2, 0.25) is 5.78 Å². The number of benzene rings is 1. The molecule has 0 fully saturated rings. The lowest BCUT2D eigenvalue weighted by molar-refractivity contribution is -0.862.